The first kappa shape index (κ1) is 15.3. The van der Waals surface area contributed by atoms with E-state index in [2.05, 4.69) is 10.4 Å². The summed E-state index contributed by atoms with van der Waals surface area (Å²) in [5, 5.41) is 7.52. The van der Waals surface area contributed by atoms with Gasteiger partial charge in [0.15, 0.2) is 0 Å². The average Bonchev–Trinajstić information content (AvgIpc) is 2.95. The van der Waals surface area contributed by atoms with Gasteiger partial charge in [-0.3, -0.25) is 9.48 Å². The summed E-state index contributed by atoms with van der Waals surface area (Å²) in [4.78, 5) is 11.8. The molecule has 0 radical (unpaired) electrons. The van der Waals surface area contributed by atoms with Crippen molar-refractivity contribution in [1.29, 1.82) is 0 Å². The Morgan fingerprint density at radius 3 is 2.62 bits per heavy atom. The summed E-state index contributed by atoms with van der Waals surface area (Å²) in [5.74, 6) is -0.277. The van der Waals surface area contributed by atoms with Crippen LogP contribution in [0.1, 0.15) is 13.8 Å². The molecule has 0 amide bonds. The van der Waals surface area contributed by atoms with Gasteiger partial charge in [-0.25, -0.2) is 0 Å². The number of methoxy groups -OCH3 is 1. The van der Waals surface area contributed by atoms with Crippen molar-refractivity contribution in [2.75, 3.05) is 7.11 Å². The first-order valence-electron chi connectivity index (χ1n) is 7.02. The number of hydrogen-bond donors (Lipinski definition) is 1. The lowest BCUT2D eigenvalue weighted by molar-refractivity contribution is -0.143. The van der Waals surface area contributed by atoms with Crippen molar-refractivity contribution in [1.82, 2.24) is 15.1 Å². The van der Waals surface area contributed by atoms with Crippen LogP contribution in [0.2, 0.25) is 0 Å². The standard InChI is InChI=1S/C16H21N3O2/c1-12(2)18-15(16(20)21-3)11-19-10-14(9-17-19)13-7-5-4-6-8-13/h4-10,12,15,18H,11H2,1-3H3. The van der Waals surface area contributed by atoms with Gasteiger partial charge < -0.3 is 10.1 Å². The van der Waals surface area contributed by atoms with E-state index in [1.807, 2.05) is 50.4 Å². The summed E-state index contributed by atoms with van der Waals surface area (Å²) in [5.41, 5.74) is 2.14. The molecular formula is C16H21N3O2. The van der Waals surface area contributed by atoms with Crippen LogP contribution in [0.3, 0.4) is 0 Å². The summed E-state index contributed by atoms with van der Waals surface area (Å²) in [6.45, 7) is 4.43. The lowest BCUT2D eigenvalue weighted by atomic mass is 10.1. The maximum absolute atomic E-state index is 11.8. The van der Waals surface area contributed by atoms with E-state index in [4.69, 9.17) is 4.74 Å². The number of ether oxygens (including phenoxy) is 1. The molecule has 21 heavy (non-hydrogen) atoms. The zero-order chi connectivity index (χ0) is 15.2. The third-order valence-corrected chi connectivity index (χ3v) is 3.13. The van der Waals surface area contributed by atoms with Gasteiger partial charge in [0.05, 0.1) is 19.9 Å². The maximum atomic E-state index is 11.8. The van der Waals surface area contributed by atoms with Crippen LogP contribution in [0.15, 0.2) is 42.7 Å². The molecule has 0 bridgehead atoms. The third-order valence-electron chi connectivity index (χ3n) is 3.13. The molecule has 0 saturated carbocycles. The van der Waals surface area contributed by atoms with Crippen LogP contribution in [0.5, 0.6) is 0 Å². The molecule has 2 aromatic rings. The zero-order valence-corrected chi connectivity index (χ0v) is 12.6. The Labute approximate surface area is 124 Å². The zero-order valence-electron chi connectivity index (χ0n) is 12.6. The summed E-state index contributed by atoms with van der Waals surface area (Å²) >= 11 is 0. The van der Waals surface area contributed by atoms with Gasteiger partial charge in [-0.1, -0.05) is 44.2 Å². The van der Waals surface area contributed by atoms with Crippen LogP contribution >= 0.6 is 0 Å². The fourth-order valence-corrected chi connectivity index (χ4v) is 2.17. The van der Waals surface area contributed by atoms with Crippen molar-refractivity contribution in [3.05, 3.63) is 42.7 Å². The van der Waals surface area contributed by atoms with Gasteiger partial charge in [-0.2, -0.15) is 5.10 Å². The fraction of sp³-hybridized carbons (Fsp3) is 0.375. The summed E-state index contributed by atoms with van der Waals surface area (Å²) in [7, 11) is 1.40. The molecule has 1 heterocycles. The Hall–Kier alpha value is -2.14. The SMILES string of the molecule is COC(=O)C(Cn1cc(-c2ccccc2)cn1)NC(C)C. The molecule has 1 aromatic carbocycles. The molecule has 0 aliphatic carbocycles. The first-order valence-corrected chi connectivity index (χ1v) is 7.02. The van der Waals surface area contributed by atoms with Crippen LogP contribution in [0.25, 0.3) is 11.1 Å². The Balaban J connectivity index is 2.11. The minimum atomic E-state index is -0.404. The number of aromatic nitrogens is 2. The second kappa shape index (κ2) is 7.04. The second-order valence-electron chi connectivity index (χ2n) is 5.21. The second-order valence-corrected chi connectivity index (χ2v) is 5.21. The highest BCUT2D eigenvalue weighted by Crippen LogP contribution is 2.17. The molecule has 1 aromatic heterocycles. The van der Waals surface area contributed by atoms with Crippen molar-refractivity contribution >= 4 is 5.97 Å². The van der Waals surface area contributed by atoms with E-state index >= 15 is 0 Å². The molecule has 1 N–H and O–H groups in total. The number of benzene rings is 1. The van der Waals surface area contributed by atoms with Gasteiger partial charge >= 0.3 is 5.97 Å². The smallest absolute Gasteiger partial charge is 0.324 e. The first-order chi connectivity index (χ1) is 10.1. The highest BCUT2D eigenvalue weighted by Gasteiger charge is 2.20. The van der Waals surface area contributed by atoms with Crippen molar-refractivity contribution in [3.8, 4) is 11.1 Å². The number of carbonyl (C=O) groups is 1. The topological polar surface area (TPSA) is 56.2 Å². The van der Waals surface area contributed by atoms with Gasteiger partial charge in [0.1, 0.15) is 6.04 Å². The van der Waals surface area contributed by atoms with Gasteiger partial charge in [0.2, 0.25) is 0 Å². The summed E-state index contributed by atoms with van der Waals surface area (Å²) in [6.07, 6.45) is 3.74. The number of hydrogen-bond acceptors (Lipinski definition) is 4. The fourth-order valence-electron chi connectivity index (χ4n) is 2.17. The molecule has 0 saturated heterocycles. The third kappa shape index (κ3) is 4.16. The number of nitrogens with zero attached hydrogens (tertiary/aromatic N) is 2. The molecule has 0 aliphatic heterocycles. The summed E-state index contributed by atoms with van der Waals surface area (Å²) < 4.78 is 6.60. The van der Waals surface area contributed by atoms with E-state index in [0.29, 0.717) is 6.54 Å². The summed E-state index contributed by atoms with van der Waals surface area (Å²) in [6, 6.07) is 9.82. The minimum absolute atomic E-state index is 0.193. The van der Waals surface area contributed by atoms with Crippen LogP contribution in [-0.2, 0) is 16.1 Å². The number of rotatable bonds is 6. The minimum Gasteiger partial charge on any atom is -0.468 e. The molecule has 0 aliphatic rings. The highest BCUT2D eigenvalue weighted by molar-refractivity contribution is 5.75. The van der Waals surface area contributed by atoms with Crippen LogP contribution in [0, 0.1) is 0 Å². The molecule has 0 fully saturated rings. The van der Waals surface area contributed by atoms with Crippen LogP contribution in [0.4, 0.5) is 0 Å². The predicted molar refractivity (Wildman–Crippen MR) is 81.7 cm³/mol. The molecule has 1 atom stereocenters. The van der Waals surface area contributed by atoms with E-state index in [9.17, 15) is 4.79 Å². The molecule has 1 unspecified atom stereocenters. The van der Waals surface area contributed by atoms with Crippen LogP contribution < -0.4 is 5.32 Å². The normalized spacial score (nSPS) is 12.4. The maximum Gasteiger partial charge on any atom is 0.324 e. The number of esters is 1. The Kier molecular flexibility index (Phi) is 5.11. The molecular weight excluding hydrogens is 266 g/mol. The van der Waals surface area contributed by atoms with E-state index in [1.165, 1.54) is 7.11 Å². The number of nitrogens with one attached hydrogen (secondary N) is 1. The molecule has 5 nitrogen and oxygen atoms in total. The van der Waals surface area contributed by atoms with E-state index in [-0.39, 0.29) is 12.0 Å². The monoisotopic (exact) mass is 287 g/mol. The van der Waals surface area contributed by atoms with Gasteiger partial charge in [0.25, 0.3) is 0 Å². The molecule has 112 valence electrons. The van der Waals surface area contributed by atoms with Crippen molar-refractivity contribution in [3.63, 3.8) is 0 Å². The largest absolute Gasteiger partial charge is 0.468 e. The van der Waals surface area contributed by atoms with Gasteiger partial charge in [-0.15, -0.1) is 0 Å². The van der Waals surface area contributed by atoms with Gasteiger partial charge in [-0.05, 0) is 5.56 Å². The van der Waals surface area contributed by atoms with E-state index in [1.54, 1.807) is 10.9 Å². The van der Waals surface area contributed by atoms with Crippen molar-refractivity contribution < 1.29 is 9.53 Å². The van der Waals surface area contributed by atoms with Crippen LogP contribution in [-0.4, -0.2) is 34.9 Å². The predicted octanol–water partition coefficient (Wildman–Crippen LogP) is 2.09. The Morgan fingerprint density at radius 2 is 2.00 bits per heavy atom. The average molecular weight is 287 g/mol. The highest BCUT2D eigenvalue weighted by atomic mass is 16.5. The molecule has 5 heteroatoms. The Morgan fingerprint density at radius 1 is 1.29 bits per heavy atom. The quantitative estimate of drug-likeness (QED) is 0.827. The van der Waals surface area contributed by atoms with Crippen molar-refractivity contribution in [2.24, 2.45) is 0 Å². The lowest BCUT2D eigenvalue weighted by Crippen LogP contribution is -2.44. The van der Waals surface area contributed by atoms with Crippen molar-refractivity contribution in [2.45, 2.75) is 32.5 Å². The van der Waals surface area contributed by atoms with E-state index in [0.717, 1.165) is 11.1 Å². The Bertz CT molecular complexity index is 578. The number of carbonyl (C=O) groups excluding carboxylic acids is 1. The molecule has 0 spiro atoms. The van der Waals surface area contributed by atoms with E-state index < -0.39 is 6.04 Å². The lowest BCUT2D eigenvalue weighted by Gasteiger charge is -2.18. The van der Waals surface area contributed by atoms with Gasteiger partial charge in [0, 0.05) is 17.8 Å². The molecule has 2 rings (SSSR count).